The van der Waals surface area contributed by atoms with Gasteiger partial charge in [0.15, 0.2) is 0 Å². The third-order valence-electron chi connectivity index (χ3n) is 3.27. The number of carbonyl (C=O) groups excluding carboxylic acids is 1. The Labute approximate surface area is 122 Å². The summed E-state index contributed by atoms with van der Waals surface area (Å²) in [6.45, 7) is 5.62. The minimum Gasteiger partial charge on any atom is -0.510 e. The molecule has 2 rings (SSSR count). The molecule has 2 N–H and O–H groups in total. The van der Waals surface area contributed by atoms with Gasteiger partial charge in [0.2, 0.25) is 0 Å². The van der Waals surface area contributed by atoms with Gasteiger partial charge < -0.3 is 10.0 Å². The minimum absolute atomic E-state index is 0.00927. The Balaban J connectivity index is 2.14. The molecule has 0 radical (unpaired) electrons. The summed E-state index contributed by atoms with van der Waals surface area (Å²) < 4.78 is 12.8. The molecule has 1 aromatic carbocycles. The predicted molar refractivity (Wildman–Crippen MR) is 79.6 cm³/mol. The SMILES string of the molecule is CC(=NNc1ccc(F)cc1)C1=C(O)CN(C(C)C)C1=O. The van der Waals surface area contributed by atoms with E-state index in [1.807, 2.05) is 13.8 Å². The number of hydrazone groups is 1. The first-order chi connectivity index (χ1) is 9.90. The predicted octanol–water partition coefficient (Wildman–Crippen LogP) is 2.68. The van der Waals surface area contributed by atoms with E-state index in [2.05, 4.69) is 10.5 Å². The van der Waals surface area contributed by atoms with Crippen LogP contribution in [0, 0.1) is 5.82 Å². The summed E-state index contributed by atoms with van der Waals surface area (Å²) in [6.07, 6.45) is 0. The van der Waals surface area contributed by atoms with Crippen molar-refractivity contribution in [3.05, 3.63) is 41.4 Å². The van der Waals surface area contributed by atoms with Gasteiger partial charge >= 0.3 is 0 Å². The molecule has 0 aromatic heterocycles. The van der Waals surface area contributed by atoms with Crippen LogP contribution >= 0.6 is 0 Å². The standard InChI is InChI=1S/C15H18FN3O2/c1-9(2)19-8-13(20)14(15(19)21)10(3)17-18-12-6-4-11(16)5-7-12/h4-7,9,18,20H,8H2,1-3H3. The molecule has 0 atom stereocenters. The highest BCUT2D eigenvalue weighted by Crippen LogP contribution is 2.21. The molecule has 1 aliphatic rings. The molecule has 0 aliphatic carbocycles. The van der Waals surface area contributed by atoms with E-state index in [0.717, 1.165) is 0 Å². The number of nitrogens with zero attached hydrogens (tertiary/aromatic N) is 2. The Morgan fingerprint density at radius 1 is 1.38 bits per heavy atom. The van der Waals surface area contributed by atoms with Crippen LogP contribution in [0.15, 0.2) is 40.7 Å². The fourth-order valence-electron chi connectivity index (χ4n) is 2.09. The lowest BCUT2D eigenvalue weighted by atomic mass is 10.1. The first-order valence-corrected chi connectivity index (χ1v) is 6.69. The summed E-state index contributed by atoms with van der Waals surface area (Å²) in [5.41, 5.74) is 3.95. The fourth-order valence-corrected chi connectivity index (χ4v) is 2.09. The maximum absolute atomic E-state index is 12.8. The number of nitrogens with one attached hydrogen (secondary N) is 1. The van der Waals surface area contributed by atoms with Gasteiger partial charge in [0, 0.05) is 6.04 Å². The highest BCUT2D eigenvalue weighted by molar-refractivity contribution is 6.22. The first kappa shape index (κ1) is 15.0. The second kappa shape index (κ2) is 5.95. The molecule has 5 nitrogen and oxygen atoms in total. The van der Waals surface area contributed by atoms with Crippen LogP contribution in [0.4, 0.5) is 10.1 Å². The van der Waals surface area contributed by atoms with Gasteiger partial charge in [0.05, 0.1) is 17.9 Å². The Kier molecular flexibility index (Phi) is 4.26. The summed E-state index contributed by atoms with van der Waals surface area (Å²) in [7, 11) is 0. The summed E-state index contributed by atoms with van der Waals surface area (Å²) >= 11 is 0. The molecule has 0 bridgehead atoms. The Bertz CT molecular complexity index is 606. The summed E-state index contributed by atoms with van der Waals surface area (Å²) in [5.74, 6) is -0.541. The number of aliphatic hydroxyl groups excluding tert-OH is 1. The number of hydrogen-bond acceptors (Lipinski definition) is 4. The summed E-state index contributed by atoms with van der Waals surface area (Å²) in [6, 6.07) is 5.71. The van der Waals surface area contributed by atoms with Crippen LogP contribution in [0.3, 0.4) is 0 Å². The molecule has 21 heavy (non-hydrogen) atoms. The molecule has 0 fully saturated rings. The lowest BCUT2D eigenvalue weighted by Crippen LogP contribution is -2.34. The summed E-state index contributed by atoms with van der Waals surface area (Å²) in [5, 5.41) is 14.0. The van der Waals surface area contributed by atoms with Crippen molar-refractivity contribution in [3.63, 3.8) is 0 Å². The van der Waals surface area contributed by atoms with E-state index in [0.29, 0.717) is 11.4 Å². The van der Waals surface area contributed by atoms with Crippen molar-refractivity contribution in [2.75, 3.05) is 12.0 Å². The zero-order valence-electron chi connectivity index (χ0n) is 12.2. The molecule has 0 spiro atoms. The maximum atomic E-state index is 12.8. The average molecular weight is 291 g/mol. The van der Waals surface area contributed by atoms with E-state index in [1.165, 1.54) is 24.3 Å². The number of benzene rings is 1. The highest BCUT2D eigenvalue weighted by atomic mass is 19.1. The van der Waals surface area contributed by atoms with Crippen molar-refractivity contribution in [3.8, 4) is 0 Å². The van der Waals surface area contributed by atoms with Crippen LogP contribution in [0.25, 0.3) is 0 Å². The highest BCUT2D eigenvalue weighted by Gasteiger charge is 2.33. The smallest absolute Gasteiger partial charge is 0.259 e. The van der Waals surface area contributed by atoms with Crippen molar-refractivity contribution in [2.45, 2.75) is 26.8 Å². The zero-order valence-corrected chi connectivity index (χ0v) is 12.2. The molecule has 0 saturated heterocycles. The van der Waals surface area contributed by atoms with Gasteiger partial charge in [-0.25, -0.2) is 4.39 Å². The van der Waals surface area contributed by atoms with Crippen LogP contribution in [0.1, 0.15) is 20.8 Å². The van der Waals surface area contributed by atoms with E-state index in [-0.39, 0.29) is 35.6 Å². The Hall–Kier alpha value is -2.37. The number of rotatable bonds is 4. The molecule has 112 valence electrons. The molecule has 6 heteroatoms. The van der Waals surface area contributed by atoms with Gasteiger partial charge in [-0.3, -0.25) is 10.2 Å². The molecule has 1 amide bonds. The van der Waals surface area contributed by atoms with Crippen LogP contribution in [0.5, 0.6) is 0 Å². The molecule has 0 saturated carbocycles. The topological polar surface area (TPSA) is 64.9 Å². The number of carbonyl (C=O) groups is 1. The van der Waals surface area contributed by atoms with Crippen molar-refractivity contribution < 1.29 is 14.3 Å². The zero-order chi connectivity index (χ0) is 15.6. The molecular formula is C15H18FN3O2. The van der Waals surface area contributed by atoms with Crippen LogP contribution in [-0.4, -0.2) is 34.2 Å². The van der Waals surface area contributed by atoms with E-state index >= 15 is 0 Å². The molecular weight excluding hydrogens is 273 g/mol. The molecule has 0 unspecified atom stereocenters. The lowest BCUT2D eigenvalue weighted by molar-refractivity contribution is -0.126. The van der Waals surface area contributed by atoms with E-state index in [4.69, 9.17) is 0 Å². The first-order valence-electron chi connectivity index (χ1n) is 6.69. The third kappa shape index (κ3) is 3.21. The van der Waals surface area contributed by atoms with Crippen molar-refractivity contribution in [2.24, 2.45) is 5.10 Å². The lowest BCUT2D eigenvalue weighted by Gasteiger charge is -2.20. The second-order valence-electron chi connectivity index (χ2n) is 5.16. The number of hydrogen-bond donors (Lipinski definition) is 2. The second-order valence-corrected chi connectivity index (χ2v) is 5.16. The van der Waals surface area contributed by atoms with Gasteiger partial charge in [-0.2, -0.15) is 5.10 Å². The van der Waals surface area contributed by atoms with Crippen LogP contribution in [-0.2, 0) is 4.79 Å². The molecule has 1 aromatic rings. The maximum Gasteiger partial charge on any atom is 0.259 e. The monoisotopic (exact) mass is 291 g/mol. The van der Waals surface area contributed by atoms with E-state index < -0.39 is 0 Å². The Morgan fingerprint density at radius 3 is 2.52 bits per heavy atom. The third-order valence-corrected chi connectivity index (χ3v) is 3.27. The van der Waals surface area contributed by atoms with Crippen LogP contribution in [0.2, 0.25) is 0 Å². The van der Waals surface area contributed by atoms with Gasteiger partial charge in [-0.15, -0.1) is 0 Å². The normalized spacial score (nSPS) is 16.1. The average Bonchev–Trinajstić information content (AvgIpc) is 2.73. The van der Waals surface area contributed by atoms with Gasteiger partial charge in [-0.1, -0.05) is 0 Å². The van der Waals surface area contributed by atoms with E-state index in [1.54, 1.807) is 11.8 Å². The van der Waals surface area contributed by atoms with E-state index in [9.17, 15) is 14.3 Å². The number of anilines is 1. The molecule has 1 aliphatic heterocycles. The fraction of sp³-hybridized carbons (Fsp3) is 0.333. The van der Waals surface area contributed by atoms with Crippen molar-refractivity contribution in [1.82, 2.24) is 4.90 Å². The number of amides is 1. The largest absolute Gasteiger partial charge is 0.510 e. The minimum atomic E-state index is -0.333. The quantitative estimate of drug-likeness (QED) is 0.662. The van der Waals surface area contributed by atoms with Gasteiger partial charge in [0.25, 0.3) is 5.91 Å². The van der Waals surface area contributed by atoms with Crippen LogP contribution < -0.4 is 5.43 Å². The van der Waals surface area contributed by atoms with Gasteiger partial charge in [-0.05, 0) is 45.0 Å². The summed E-state index contributed by atoms with van der Waals surface area (Å²) in [4.78, 5) is 13.8. The number of halogens is 1. The van der Waals surface area contributed by atoms with Gasteiger partial charge in [0.1, 0.15) is 17.1 Å². The van der Waals surface area contributed by atoms with Crippen molar-refractivity contribution >= 4 is 17.3 Å². The van der Waals surface area contributed by atoms with Crippen molar-refractivity contribution in [1.29, 1.82) is 0 Å². The Morgan fingerprint density at radius 2 is 2.00 bits per heavy atom. The number of aliphatic hydroxyl groups is 1. The molecule has 1 heterocycles.